The molecule has 20 heavy (non-hydrogen) atoms. The number of hydrogen-bond donors (Lipinski definition) is 1. The fraction of sp³-hybridized carbons (Fsp3) is 0.250. The Morgan fingerprint density at radius 1 is 1.25 bits per heavy atom. The van der Waals surface area contributed by atoms with E-state index in [-0.39, 0.29) is 11.9 Å². The zero-order valence-corrected chi connectivity index (χ0v) is 13.2. The lowest BCUT2D eigenvalue weighted by atomic mass is 10.1. The van der Waals surface area contributed by atoms with Crippen LogP contribution < -0.4 is 5.73 Å². The minimum atomic E-state index is -0.165. The van der Waals surface area contributed by atoms with Crippen molar-refractivity contribution in [1.29, 1.82) is 0 Å². The summed E-state index contributed by atoms with van der Waals surface area (Å²) in [6, 6.07) is 12.8. The van der Waals surface area contributed by atoms with Crippen molar-refractivity contribution >= 4 is 21.6 Å². The van der Waals surface area contributed by atoms with Crippen LogP contribution in [0.1, 0.15) is 24.1 Å². The summed E-state index contributed by atoms with van der Waals surface area (Å²) in [5.74, 6) is -0.165. The Balaban J connectivity index is 2.13. The SMILES string of the molecule is CC(c1ccccc1F)N(C)Cc1ccc(Br)c(N)c1. The Morgan fingerprint density at radius 3 is 2.60 bits per heavy atom. The van der Waals surface area contributed by atoms with Gasteiger partial charge in [-0.05, 0) is 53.7 Å². The van der Waals surface area contributed by atoms with Crippen LogP contribution in [-0.2, 0) is 6.54 Å². The number of halogens is 2. The topological polar surface area (TPSA) is 29.3 Å². The molecular weight excluding hydrogens is 319 g/mol. The molecule has 2 aromatic rings. The molecule has 0 aliphatic heterocycles. The van der Waals surface area contributed by atoms with Gasteiger partial charge < -0.3 is 5.73 Å². The molecule has 0 saturated carbocycles. The molecule has 2 rings (SSSR count). The minimum absolute atomic E-state index is 0.000992. The first-order chi connectivity index (χ1) is 9.49. The second kappa shape index (κ2) is 6.37. The molecule has 1 atom stereocenters. The van der Waals surface area contributed by atoms with E-state index in [1.165, 1.54) is 6.07 Å². The molecule has 2 N–H and O–H groups in total. The van der Waals surface area contributed by atoms with Crippen LogP contribution in [0.4, 0.5) is 10.1 Å². The number of anilines is 1. The fourth-order valence-electron chi connectivity index (χ4n) is 2.17. The van der Waals surface area contributed by atoms with Gasteiger partial charge >= 0.3 is 0 Å². The predicted octanol–water partition coefficient (Wildman–Crippen LogP) is 4.36. The van der Waals surface area contributed by atoms with Crippen LogP contribution in [0.5, 0.6) is 0 Å². The molecule has 0 spiro atoms. The van der Waals surface area contributed by atoms with E-state index < -0.39 is 0 Å². The first kappa shape index (κ1) is 15.0. The maximum Gasteiger partial charge on any atom is 0.127 e. The van der Waals surface area contributed by atoms with E-state index in [0.717, 1.165) is 15.7 Å². The summed E-state index contributed by atoms with van der Waals surface area (Å²) < 4.78 is 14.7. The minimum Gasteiger partial charge on any atom is -0.398 e. The molecule has 4 heteroatoms. The molecule has 0 aliphatic carbocycles. The summed E-state index contributed by atoms with van der Waals surface area (Å²) in [4.78, 5) is 2.10. The van der Waals surface area contributed by atoms with Crippen molar-refractivity contribution in [3.05, 3.63) is 63.9 Å². The second-order valence-electron chi connectivity index (χ2n) is 4.97. The Hall–Kier alpha value is -1.39. The number of nitrogens with zero attached hydrogens (tertiary/aromatic N) is 1. The van der Waals surface area contributed by atoms with Gasteiger partial charge in [0.2, 0.25) is 0 Å². The van der Waals surface area contributed by atoms with E-state index in [0.29, 0.717) is 12.1 Å². The zero-order chi connectivity index (χ0) is 14.7. The van der Waals surface area contributed by atoms with E-state index in [4.69, 9.17) is 5.73 Å². The summed E-state index contributed by atoms with van der Waals surface area (Å²) in [6.45, 7) is 2.72. The molecule has 0 amide bonds. The normalized spacial score (nSPS) is 12.7. The highest BCUT2D eigenvalue weighted by Crippen LogP contribution is 2.25. The Kier molecular flexibility index (Phi) is 4.78. The molecule has 1 unspecified atom stereocenters. The van der Waals surface area contributed by atoms with Crippen molar-refractivity contribution in [2.45, 2.75) is 19.5 Å². The number of benzene rings is 2. The maximum atomic E-state index is 13.8. The van der Waals surface area contributed by atoms with Gasteiger partial charge in [-0.25, -0.2) is 4.39 Å². The monoisotopic (exact) mass is 336 g/mol. The first-order valence-corrected chi connectivity index (χ1v) is 7.27. The highest BCUT2D eigenvalue weighted by atomic mass is 79.9. The molecule has 2 nitrogen and oxygen atoms in total. The van der Waals surface area contributed by atoms with Crippen LogP contribution in [0.15, 0.2) is 46.9 Å². The van der Waals surface area contributed by atoms with E-state index >= 15 is 0 Å². The molecule has 0 bridgehead atoms. The molecule has 0 heterocycles. The molecule has 2 aromatic carbocycles. The second-order valence-corrected chi connectivity index (χ2v) is 5.82. The quantitative estimate of drug-likeness (QED) is 0.840. The van der Waals surface area contributed by atoms with Gasteiger partial charge in [0.05, 0.1) is 0 Å². The van der Waals surface area contributed by atoms with Crippen LogP contribution in [0.25, 0.3) is 0 Å². The van der Waals surface area contributed by atoms with Gasteiger partial charge in [-0.2, -0.15) is 0 Å². The van der Waals surface area contributed by atoms with Crippen molar-refractivity contribution in [3.63, 3.8) is 0 Å². The van der Waals surface area contributed by atoms with Crippen LogP contribution in [-0.4, -0.2) is 11.9 Å². The molecular formula is C16H18BrFN2. The van der Waals surface area contributed by atoms with Crippen molar-refractivity contribution < 1.29 is 4.39 Å². The van der Waals surface area contributed by atoms with Crippen molar-refractivity contribution in [1.82, 2.24) is 4.90 Å². The summed E-state index contributed by atoms with van der Waals surface area (Å²) >= 11 is 3.38. The summed E-state index contributed by atoms with van der Waals surface area (Å²) in [7, 11) is 1.98. The Morgan fingerprint density at radius 2 is 1.95 bits per heavy atom. The van der Waals surface area contributed by atoms with Crippen LogP contribution in [0, 0.1) is 5.82 Å². The average Bonchev–Trinajstić information content (AvgIpc) is 2.42. The highest BCUT2D eigenvalue weighted by Gasteiger charge is 2.15. The van der Waals surface area contributed by atoms with Gasteiger partial charge in [0.15, 0.2) is 0 Å². The molecule has 0 saturated heterocycles. The number of nitrogens with two attached hydrogens (primary N) is 1. The zero-order valence-electron chi connectivity index (χ0n) is 11.6. The smallest absolute Gasteiger partial charge is 0.127 e. The van der Waals surface area contributed by atoms with Crippen LogP contribution in [0.3, 0.4) is 0 Å². The fourth-order valence-corrected chi connectivity index (χ4v) is 2.41. The third-order valence-electron chi connectivity index (χ3n) is 3.51. The van der Waals surface area contributed by atoms with Crippen LogP contribution in [0.2, 0.25) is 0 Å². The Bertz CT molecular complexity index is 601. The molecule has 0 radical (unpaired) electrons. The first-order valence-electron chi connectivity index (χ1n) is 6.47. The van der Waals surface area contributed by atoms with Gasteiger partial charge in [0.1, 0.15) is 5.82 Å². The summed E-state index contributed by atoms with van der Waals surface area (Å²) in [5, 5.41) is 0. The van der Waals surface area contributed by atoms with Gasteiger partial charge in [-0.15, -0.1) is 0 Å². The van der Waals surface area contributed by atoms with Gasteiger partial charge in [0, 0.05) is 28.3 Å². The predicted molar refractivity (Wildman–Crippen MR) is 84.8 cm³/mol. The van der Waals surface area contributed by atoms with E-state index in [1.807, 2.05) is 44.3 Å². The van der Waals surface area contributed by atoms with E-state index in [2.05, 4.69) is 20.8 Å². The number of nitrogen functional groups attached to an aromatic ring is 1. The largest absolute Gasteiger partial charge is 0.398 e. The lowest BCUT2D eigenvalue weighted by Gasteiger charge is -2.25. The average molecular weight is 337 g/mol. The van der Waals surface area contributed by atoms with Gasteiger partial charge in [-0.3, -0.25) is 4.90 Å². The molecule has 106 valence electrons. The standard InChI is InChI=1S/C16H18BrFN2/c1-11(13-5-3-4-6-15(13)18)20(2)10-12-7-8-14(17)16(19)9-12/h3-9,11H,10,19H2,1-2H3. The van der Waals surface area contributed by atoms with Crippen LogP contribution >= 0.6 is 15.9 Å². The lowest BCUT2D eigenvalue weighted by molar-refractivity contribution is 0.248. The van der Waals surface area contributed by atoms with Crippen molar-refractivity contribution in [2.24, 2.45) is 0 Å². The van der Waals surface area contributed by atoms with Gasteiger partial charge in [0.25, 0.3) is 0 Å². The highest BCUT2D eigenvalue weighted by molar-refractivity contribution is 9.10. The summed E-state index contributed by atoms with van der Waals surface area (Å²) in [6.07, 6.45) is 0. The van der Waals surface area contributed by atoms with E-state index in [1.54, 1.807) is 6.07 Å². The summed E-state index contributed by atoms with van der Waals surface area (Å²) in [5.41, 5.74) is 8.42. The molecule has 0 aliphatic rings. The number of hydrogen-bond acceptors (Lipinski definition) is 2. The van der Waals surface area contributed by atoms with Crippen molar-refractivity contribution in [3.8, 4) is 0 Å². The van der Waals surface area contributed by atoms with Gasteiger partial charge in [-0.1, -0.05) is 24.3 Å². The van der Waals surface area contributed by atoms with E-state index in [9.17, 15) is 4.39 Å². The lowest BCUT2D eigenvalue weighted by Crippen LogP contribution is -2.22. The third-order valence-corrected chi connectivity index (χ3v) is 4.23. The molecule has 0 fully saturated rings. The van der Waals surface area contributed by atoms with Crippen molar-refractivity contribution in [2.75, 3.05) is 12.8 Å². The maximum absolute atomic E-state index is 13.8. The number of rotatable bonds is 4. The Labute approximate surface area is 127 Å². The molecule has 0 aromatic heterocycles. The third kappa shape index (κ3) is 3.38.